The van der Waals surface area contributed by atoms with Gasteiger partial charge in [-0.3, -0.25) is 0 Å². The average molecular weight is 289 g/mol. The fourth-order valence-electron chi connectivity index (χ4n) is 1.94. The third kappa shape index (κ3) is 3.60. The molecule has 0 saturated heterocycles. The molecule has 0 amide bonds. The molecule has 2 aromatic rings. The Balaban J connectivity index is 2.21. The van der Waals surface area contributed by atoms with E-state index in [1.165, 1.54) is 12.1 Å². The molecule has 0 unspecified atom stereocenters. The van der Waals surface area contributed by atoms with Crippen LogP contribution in [0.2, 0.25) is 0 Å². The standard InChI is InChI=1S/C16H16FNOS/c1-2-18(15-7-3-6-14(17)11-15)12-16-13(5-4-9-19)8-10-20-16/h3,6-8,10-11,19H,2,9,12H2,1H3. The number of aliphatic hydroxyl groups excluding tert-OH is 1. The largest absolute Gasteiger partial charge is 0.384 e. The molecule has 4 heteroatoms. The van der Waals surface area contributed by atoms with Gasteiger partial charge < -0.3 is 10.0 Å². The summed E-state index contributed by atoms with van der Waals surface area (Å²) in [4.78, 5) is 3.22. The molecule has 0 fully saturated rings. The van der Waals surface area contributed by atoms with Gasteiger partial charge in [-0.25, -0.2) is 4.39 Å². The number of halogens is 1. The lowest BCUT2D eigenvalue weighted by Crippen LogP contribution is -2.21. The molecule has 0 aliphatic carbocycles. The molecule has 20 heavy (non-hydrogen) atoms. The molecule has 0 spiro atoms. The predicted molar refractivity (Wildman–Crippen MR) is 81.4 cm³/mol. The Kier molecular flexibility index (Phi) is 5.16. The van der Waals surface area contributed by atoms with Gasteiger partial charge in [0.05, 0.1) is 6.54 Å². The van der Waals surface area contributed by atoms with Crippen LogP contribution in [0.1, 0.15) is 17.4 Å². The van der Waals surface area contributed by atoms with E-state index in [1.807, 2.05) is 24.4 Å². The fraction of sp³-hybridized carbons (Fsp3) is 0.250. The van der Waals surface area contributed by atoms with Crippen LogP contribution in [-0.4, -0.2) is 18.3 Å². The Morgan fingerprint density at radius 3 is 2.90 bits per heavy atom. The smallest absolute Gasteiger partial charge is 0.125 e. The molecular weight excluding hydrogens is 273 g/mol. The number of nitrogens with zero attached hydrogens (tertiary/aromatic N) is 1. The molecule has 0 aliphatic heterocycles. The van der Waals surface area contributed by atoms with E-state index in [4.69, 9.17) is 5.11 Å². The second-order valence-electron chi connectivity index (χ2n) is 4.21. The molecule has 2 nitrogen and oxygen atoms in total. The van der Waals surface area contributed by atoms with Crippen LogP contribution in [0.4, 0.5) is 10.1 Å². The van der Waals surface area contributed by atoms with Crippen LogP contribution in [0.25, 0.3) is 0 Å². The van der Waals surface area contributed by atoms with Crippen LogP contribution in [0.15, 0.2) is 35.7 Å². The number of thiophene rings is 1. The first-order valence-electron chi connectivity index (χ1n) is 6.41. The Hall–Kier alpha value is -1.83. The summed E-state index contributed by atoms with van der Waals surface area (Å²) in [5.74, 6) is 5.38. The quantitative estimate of drug-likeness (QED) is 0.873. The molecular formula is C16H16FNOS. The van der Waals surface area contributed by atoms with Gasteiger partial charge >= 0.3 is 0 Å². The third-order valence-electron chi connectivity index (χ3n) is 2.94. The highest BCUT2D eigenvalue weighted by Gasteiger charge is 2.09. The molecule has 0 saturated carbocycles. The van der Waals surface area contributed by atoms with Crippen molar-refractivity contribution in [2.24, 2.45) is 0 Å². The maximum atomic E-state index is 13.3. The summed E-state index contributed by atoms with van der Waals surface area (Å²) in [5.41, 5.74) is 1.79. The first kappa shape index (κ1) is 14.6. The summed E-state index contributed by atoms with van der Waals surface area (Å²) in [6.45, 7) is 3.37. The Morgan fingerprint density at radius 2 is 2.20 bits per heavy atom. The van der Waals surface area contributed by atoms with E-state index in [-0.39, 0.29) is 12.4 Å². The number of aliphatic hydroxyl groups is 1. The number of hydrogen-bond donors (Lipinski definition) is 1. The number of rotatable bonds is 4. The molecule has 1 aromatic carbocycles. The number of hydrogen-bond acceptors (Lipinski definition) is 3. The minimum Gasteiger partial charge on any atom is -0.384 e. The Morgan fingerprint density at radius 1 is 1.35 bits per heavy atom. The van der Waals surface area contributed by atoms with Gasteiger partial charge in [-0.2, -0.15) is 0 Å². The van der Waals surface area contributed by atoms with Crippen molar-refractivity contribution in [1.29, 1.82) is 0 Å². The van der Waals surface area contributed by atoms with Crippen molar-refractivity contribution in [1.82, 2.24) is 0 Å². The van der Waals surface area contributed by atoms with Crippen LogP contribution >= 0.6 is 11.3 Å². The van der Waals surface area contributed by atoms with Crippen LogP contribution in [0.3, 0.4) is 0 Å². The summed E-state index contributed by atoms with van der Waals surface area (Å²) < 4.78 is 13.3. The van der Waals surface area contributed by atoms with Gasteiger partial charge in [0.15, 0.2) is 0 Å². The Labute approximate surface area is 122 Å². The highest BCUT2D eigenvalue weighted by molar-refractivity contribution is 7.10. The van der Waals surface area contributed by atoms with Gasteiger partial charge in [0.1, 0.15) is 12.4 Å². The fourth-order valence-corrected chi connectivity index (χ4v) is 2.79. The van der Waals surface area contributed by atoms with Crippen molar-refractivity contribution in [3.05, 3.63) is 52.0 Å². The van der Waals surface area contributed by atoms with E-state index in [2.05, 4.69) is 16.7 Å². The van der Waals surface area contributed by atoms with Gasteiger partial charge in [0.25, 0.3) is 0 Å². The highest BCUT2D eigenvalue weighted by Crippen LogP contribution is 2.23. The molecule has 1 N–H and O–H groups in total. The van der Waals surface area contributed by atoms with E-state index in [1.54, 1.807) is 17.4 Å². The first-order valence-corrected chi connectivity index (χ1v) is 7.29. The van der Waals surface area contributed by atoms with E-state index < -0.39 is 0 Å². The SMILES string of the molecule is CCN(Cc1sccc1C#CCO)c1cccc(F)c1. The normalized spacial score (nSPS) is 9.95. The van der Waals surface area contributed by atoms with Crippen LogP contribution < -0.4 is 4.90 Å². The summed E-state index contributed by atoms with van der Waals surface area (Å²) in [6.07, 6.45) is 0. The lowest BCUT2D eigenvalue weighted by molar-refractivity contribution is 0.350. The first-order chi connectivity index (χ1) is 9.74. The average Bonchev–Trinajstić information content (AvgIpc) is 2.89. The number of benzene rings is 1. The highest BCUT2D eigenvalue weighted by atomic mass is 32.1. The van der Waals surface area contributed by atoms with Crippen molar-refractivity contribution in [2.75, 3.05) is 18.1 Å². The zero-order valence-corrected chi connectivity index (χ0v) is 12.1. The second-order valence-corrected chi connectivity index (χ2v) is 5.21. The maximum Gasteiger partial charge on any atom is 0.125 e. The summed E-state index contributed by atoms with van der Waals surface area (Å²) in [6, 6.07) is 8.55. The van der Waals surface area contributed by atoms with Crippen molar-refractivity contribution >= 4 is 17.0 Å². The lowest BCUT2D eigenvalue weighted by atomic mass is 10.2. The summed E-state index contributed by atoms with van der Waals surface area (Å²) in [5, 5.41) is 10.8. The van der Waals surface area contributed by atoms with Crippen LogP contribution in [-0.2, 0) is 6.54 Å². The predicted octanol–water partition coefficient (Wildman–Crippen LogP) is 3.26. The van der Waals surface area contributed by atoms with Gasteiger partial charge in [0.2, 0.25) is 0 Å². The molecule has 0 atom stereocenters. The van der Waals surface area contributed by atoms with Gasteiger partial charge in [-0.1, -0.05) is 17.9 Å². The molecule has 1 aromatic heterocycles. The topological polar surface area (TPSA) is 23.5 Å². The van der Waals surface area contributed by atoms with E-state index >= 15 is 0 Å². The summed E-state index contributed by atoms with van der Waals surface area (Å²) >= 11 is 1.62. The minimum atomic E-state index is -0.229. The van der Waals surface area contributed by atoms with E-state index in [9.17, 15) is 4.39 Å². The van der Waals surface area contributed by atoms with Crippen molar-refractivity contribution in [3.63, 3.8) is 0 Å². The second kappa shape index (κ2) is 7.09. The minimum absolute atomic E-state index is 0.142. The Bertz CT molecular complexity index is 627. The zero-order valence-electron chi connectivity index (χ0n) is 11.3. The molecule has 0 bridgehead atoms. The van der Waals surface area contributed by atoms with Crippen molar-refractivity contribution in [3.8, 4) is 11.8 Å². The van der Waals surface area contributed by atoms with E-state index in [0.717, 1.165) is 22.7 Å². The van der Waals surface area contributed by atoms with Crippen LogP contribution in [0.5, 0.6) is 0 Å². The zero-order chi connectivity index (χ0) is 14.4. The molecule has 104 valence electrons. The maximum absolute atomic E-state index is 13.3. The molecule has 0 aliphatic rings. The molecule has 1 heterocycles. The third-order valence-corrected chi connectivity index (χ3v) is 3.84. The summed E-state index contributed by atoms with van der Waals surface area (Å²) in [7, 11) is 0. The monoisotopic (exact) mass is 289 g/mol. The van der Waals surface area contributed by atoms with E-state index in [0.29, 0.717) is 6.54 Å². The van der Waals surface area contributed by atoms with Gasteiger partial charge in [-0.15, -0.1) is 11.3 Å². The number of anilines is 1. The van der Waals surface area contributed by atoms with Gasteiger partial charge in [-0.05, 0) is 36.6 Å². The molecule has 2 rings (SSSR count). The van der Waals surface area contributed by atoms with Gasteiger partial charge in [0, 0.05) is 22.7 Å². The van der Waals surface area contributed by atoms with Crippen molar-refractivity contribution < 1.29 is 9.50 Å². The van der Waals surface area contributed by atoms with Crippen LogP contribution in [0, 0.1) is 17.7 Å². The van der Waals surface area contributed by atoms with Crippen molar-refractivity contribution in [2.45, 2.75) is 13.5 Å². The molecule has 0 radical (unpaired) electrons. The lowest BCUT2D eigenvalue weighted by Gasteiger charge is -2.22.